The summed E-state index contributed by atoms with van der Waals surface area (Å²) in [4.78, 5) is 26.2. The largest absolute Gasteiger partial charge is 0.497 e. The van der Waals surface area contributed by atoms with Crippen LogP contribution in [0.25, 0.3) is 10.9 Å². The Kier molecular flexibility index (Phi) is 5.49. The number of aromatic nitrogens is 2. The van der Waals surface area contributed by atoms with E-state index in [0.29, 0.717) is 11.8 Å². The zero-order valence-corrected chi connectivity index (χ0v) is 17.1. The zero-order valence-electron chi connectivity index (χ0n) is 17.1. The van der Waals surface area contributed by atoms with Gasteiger partial charge in [0.05, 0.1) is 18.3 Å². The van der Waals surface area contributed by atoms with Gasteiger partial charge in [-0.1, -0.05) is 0 Å². The minimum absolute atomic E-state index is 0.230. The number of ketones is 1. The Morgan fingerprint density at radius 3 is 2.64 bits per heavy atom. The van der Waals surface area contributed by atoms with Crippen molar-refractivity contribution in [1.29, 1.82) is 0 Å². The molecule has 0 radical (unpaired) electrons. The van der Waals surface area contributed by atoms with Crippen LogP contribution in [0.4, 0.5) is 5.95 Å². The number of carbonyl (C=O) groups excluding carboxylic acids is 1. The fraction of sp³-hybridized carbons (Fsp3) is 0.591. The van der Waals surface area contributed by atoms with Crippen molar-refractivity contribution in [1.82, 2.24) is 14.9 Å². The number of nitrogens with zero attached hydrogens (tertiary/aromatic N) is 4. The molecule has 0 spiro atoms. The Morgan fingerprint density at radius 2 is 1.93 bits per heavy atom. The molecule has 2 fully saturated rings. The van der Waals surface area contributed by atoms with Crippen LogP contribution in [0.1, 0.15) is 38.3 Å². The average molecular weight is 383 g/mol. The van der Waals surface area contributed by atoms with E-state index in [1.807, 2.05) is 25.1 Å². The molecule has 2 aliphatic rings. The molecular weight excluding hydrogens is 352 g/mol. The lowest BCUT2D eigenvalue weighted by molar-refractivity contribution is -0.122. The first kappa shape index (κ1) is 19.1. The standard InChI is InChI=1S/C22H30N4O2/c1-15-20-7-6-19(28-3)13-21(20)24-22(23-15)25-11-8-18(9-12-25)26-10-4-5-17(14-26)16(2)27/h6-7,13,17-18H,4-5,8-12,14H2,1-3H3. The van der Waals surface area contributed by atoms with Crippen LogP contribution in [0.15, 0.2) is 18.2 Å². The van der Waals surface area contributed by atoms with Crippen LogP contribution in [0.2, 0.25) is 0 Å². The molecule has 4 rings (SSSR count). The summed E-state index contributed by atoms with van der Waals surface area (Å²) >= 11 is 0. The van der Waals surface area contributed by atoms with Crippen LogP contribution in [-0.2, 0) is 4.79 Å². The highest BCUT2D eigenvalue weighted by Gasteiger charge is 2.31. The van der Waals surface area contributed by atoms with E-state index in [1.54, 1.807) is 14.0 Å². The third-order valence-electron chi connectivity index (χ3n) is 6.37. The predicted octanol–water partition coefficient (Wildman–Crippen LogP) is 3.22. The van der Waals surface area contributed by atoms with Crippen LogP contribution in [0.5, 0.6) is 5.75 Å². The minimum atomic E-state index is 0.230. The van der Waals surface area contributed by atoms with E-state index < -0.39 is 0 Å². The van der Waals surface area contributed by atoms with Crippen molar-refractivity contribution in [2.24, 2.45) is 5.92 Å². The van der Waals surface area contributed by atoms with Gasteiger partial charge in [0, 0.05) is 43.0 Å². The number of rotatable bonds is 4. The second kappa shape index (κ2) is 8.03. The molecule has 28 heavy (non-hydrogen) atoms. The predicted molar refractivity (Wildman–Crippen MR) is 111 cm³/mol. The van der Waals surface area contributed by atoms with Crippen molar-refractivity contribution in [2.75, 3.05) is 38.2 Å². The van der Waals surface area contributed by atoms with Crippen LogP contribution < -0.4 is 9.64 Å². The number of likely N-dealkylation sites (tertiary alicyclic amines) is 1. The lowest BCUT2D eigenvalue weighted by atomic mass is 9.91. The molecule has 150 valence electrons. The Labute approximate surface area is 166 Å². The molecule has 2 aliphatic heterocycles. The maximum absolute atomic E-state index is 11.8. The van der Waals surface area contributed by atoms with Gasteiger partial charge in [-0.15, -0.1) is 0 Å². The molecular formula is C22H30N4O2. The highest BCUT2D eigenvalue weighted by molar-refractivity contribution is 5.83. The molecule has 0 bridgehead atoms. The molecule has 0 amide bonds. The SMILES string of the molecule is COc1ccc2c(C)nc(N3CCC(N4CCCC(C(C)=O)C4)CC3)nc2c1. The van der Waals surface area contributed by atoms with Gasteiger partial charge in [0.15, 0.2) is 0 Å². The Balaban J connectivity index is 1.45. The lowest BCUT2D eigenvalue weighted by Crippen LogP contribution is -2.49. The van der Waals surface area contributed by atoms with Crippen LogP contribution >= 0.6 is 0 Å². The van der Waals surface area contributed by atoms with Crippen LogP contribution in [0.3, 0.4) is 0 Å². The third kappa shape index (κ3) is 3.83. The first-order valence-electron chi connectivity index (χ1n) is 10.4. The summed E-state index contributed by atoms with van der Waals surface area (Å²) in [5.74, 6) is 2.21. The molecule has 2 saturated heterocycles. The smallest absolute Gasteiger partial charge is 0.226 e. The molecule has 3 heterocycles. The summed E-state index contributed by atoms with van der Waals surface area (Å²) in [6, 6.07) is 6.54. The first-order chi connectivity index (χ1) is 13.5. The van der Waals surface area contributed by atoms with Gasteiger partial charge in [0.25, 0.3) is 0 Å². The van der Waals surface area contributed by atoms with Crippen molar-refractivity contribution >= 4 is 22.6 Å². The van der Waals surface area contributed by atoms with Gasteiger partial charge < -0.3 is 9.64 Å². The number of ether oxygens (including phenoxy) is 1. The summed E-state index contributed by atoms with van der Waals surface area (Å²) in [5, 5.41) is 1.07. The molecule has 6 heteroatoms. The number of methoxy groups -OCH3 is 1. The maximum atomic E-state index is 11.8. The summed E-state index contributed by atoms with van der Waals surface area (Å²) < 4.78 is 5.35. The number of hydrogen-bond donors (Lipinski definition) is 0. The Bertz CT molecular complexity index is 861. The summed E-state index contributed by atoms with van der Waals surface area (Å²) in [6.07, 6.45) is 4.39. The van der Waals surface area contributed by atoms with Crippen molar-refractivity contribution in [3.05, 3.63) is 23.9 Å². The molecule has 2 aromatic rings. The number of Topliss-reactive ketones (excluding diaryl/α,β-unsaturated/α-hetero) is 1. The molecule has 0 N–H and O–H groups in total. The average Bonchev–Trinajstić information content (AvgIpc) is 2.73. The van der Waals surface area contributed by atoms with Crippen molar-refractivity contribution in [3.63, 3.8) is 0 Å². The van der Waals surface area contributed by atoms with Gasteiger partial charge in [0.1, 0.15) is 11.5 Å². The van der Waals surface area contributed by atoms with E-state index in [0.717, 1.165) is 80.2 Å². The topological polar surface area (TPSA) is 58.6 Å². The van der Waals surface area contributed by atoms with Crippen molar-refractivity contribution < 1.29 is 9.53 Å². The van der Waals surface area contributed by atoms with Crippen molar-refractivity contribution in [2.45, 2.75) is 45.6 Å². The number of aryl methyl sites for hydroxylation is 1. The maximum Gasteiger partial charge on any atom is 0.226 e. The third-order valence-corrected chi connectivity index (χ3v) is 6.37. The second-order valence-electron chi connectivity index (χ2n) is 8.16. The Hall–Kier alpha value is -2.21. The van der Waals surface area contributed by atoms with Gasteiger partial charge in [-0.25, -0.2) is 9.97 Å². The van der Waals surface area contributed by atoms with E-state index in [-0.39, 0.29) is 5.92 Å². The number of anilines is 1. The summed E-state index contributed by atoms with van der Waals surface area (Å²) in [7, 11) is 1.68. The van der Waals surface area contributed by atoms with Crippen LogP contribution in [0, 0.1) is 12.8 Å². The quantitative estimate of drug-likeness (QED) is 0.809. The van der Waals surface area contributed by atoms with Crippen LogP contribution in [-0.4, -0.2) is 60.0 Å². The summed E-state index contributed by atoms with van der Waals surface area (Å²) in [5.41, 5.74) is 1.94. The lowest BCUT2D eigenvalue weighted by Gasteiger charge is -2.42. The van der Waals surface area contributed by atoms with E-state index >= 15 is 0 Å². The minimum Gasteiger partial charge on any atom is -0.497 e. The molecule has 1 aromatic carbocycles. The molecule has 1 atom stereocenters. The Morgan fingerprint density at radius 1 is 1.14 bits per heavy atom. The number of hydrogen-bond acceptors (Lipinski definition) is 6. The van der Waals surface area contributed by atoms with Gasteiger partial charge in [-0.3, -0.25) is 9.69 Å². The number of piperidine rings is 2. The van der Waals surface area contributed by atoms with Crippen molar-refractivity contribution in [3.8, 4) is 5.75 Å². The number of carbonyl (C=O) groups is 1. The highest BCUT2D eigenvalue weighted by Crippen LogP contribution is 2.28. The molecule has 6 nitrogen and oxygen atoms in total. The fourth-order valence-corrected chi connectivity index (χ4v) is 4.62. The number of fused-ring (bicyclic) bond motifs is 1. The van der Waals surface area contributed by atoms with E-state index in [9.17, 15) is 4.79 Å². The fourth-order valence-electron chi connectivity index (χ4n) is 4.62. The number of benzene rings is 1. The molecule has 0 aliphatic carbocycles. The first-order valence-corrected chi connectivity index (χ1v) is 10.4. The monoisotopic (exact) mass is 382 g/mol. The normalized spacial score (nSPS) is 21.8. The van der Waals surface area contributed by atoms with E-state index in [2.05, 4.69) is 9.80 Å². The van der Waals surface area contributed by atoms with Gasteiger partial charge in [-0.05, 0) is 58.2 Å². The second-order valence-corrected chi connectivity index (χ2v) is 8.16. The molecule has 0 saturated carbocycles. The zero-order chi connectivity index (χ0) is 19.7. The van der Waals surface area contributed by atoms with Gasteiger partial charge in [0.2, 0.25) is 5.95 Å². The van der Waals surface area contributed by atoms with E-state index in [1.165, 1.54) is 0 Å². The van der Waals surface area contributed by atoms with E-state index in [4.69, 9.17) is 14.7 Å². The molecule has 1 unspecified atom stereocenters. The highest BCUT2D eigenvalue weighted by atomic mass is 16.5. The summed E-state index contributed by atoms with van der Waals surface area (Å²) in [6.45, 7) is 7.76. The molecule has 1 aromatic heterocycles. The van der Waals surface area contributed by atoms with Gasteiger partial charge in [-0.2, -0.15) is 0 Å². The van der Waals surface area contributed by atoms with Gasteiger partial charge >= 0.3 is 0 Å².